The molecule has 0 saturated heterocycles. The van der Waals surface area contributed by atoms with Gasteiger partial charge < -0.3 is 9.47 Å². The number of aromatic nitrogens is 2. The van der Waals surface area contributed by atoms with E-state index in [9.17, 15) is 13.2 Å². The molecule has 0 bridgehead atoms. The van der Waals surface area contributed by atoms with Crippen LogP contribution in [0.3, 0.4) is 0 Å². The molecule has 1 N–H and O–H groups in total. The molecule has 0 unspecified atom stereocenters. The summed E-state index contributed by atoms with van der Waals surface area (Å²) in [6, 6.07) is 5.08. The topological polar surface area (TPSA) is 102 Å². The zero-order valence-corrected chi connectivity index (χ0v) is 14.0. The smallest absolute Gasteiger partial charge is 0.296 e. The number of hydrogen-bond acceptors (Lipinski definition) is 6. The predicted octanol–water partition coefficient (Wildman–Crippen LogP) is 0.592. The van der Waals surface area contributed by atoms with Crippen LogP contribution in [-0.4, -0.2) is 56.3 Å². The van der Waals surface area contributed by atoms with Crippen LogP contribution in [-0.2, 0) is 10.0 Å². The molecule has 126 valence electrons. The first-order valence-electron chi connectivity index (χ1n) is 6.93. The second-order valence-electron chi connectivity index (χ2n) is 5.04. The van der Waals surface area contributed by atoms with E-state index in [1.807, 2.05) is 0 Å². The number of ether oxygens (including phenoxy) is 2. The number of sulfonamides is 1. The maximum atomic E-state index is 11.8. The summed E-state index contributed by atoms with van der Waals surface area (Å²) in [7, 11) is -0.232. The fraction of sp³-hybridized carbons (Fsp3) is 0.429. The van der Waals surface area contributed by atoms with Gasteiger partial charge in [-0.2, -0.15) is 4.98 Å². The SMILES string of the molecule is COc1nc2cc(OCCCN(C)S(C)(=O)=O)ccc2c(=O)[nH]1. The fourth-order valence-corrected chi connectivity index (χ4v) is 2.39. The Hall–Kier alpha value is -2.13. The first-order valence-corrected chi connectivity index (χ1v) is 8.78. The third-order valence-electron chi connectivity index (χ3n) is 3.30. The minimum absolute atomic E-state index is 0.134. The summed E-state index contributed by atoms with van der Waals surface area (Å²) in [4.78, 5) is 18.5. The number of fused-ring (bicyclic) bond motifs is 1. The zero-order valence-electron chi connectivity index (χ0n) is 13.2. The van der Waals surface area contributed by atoms with Gasteiger partial charge in [0, 0.05) is 19.7 Å². The standard InChI is InChI=1S/C14H19N3O5S/c1-17(23(3,19)20)7-4-8-22-10-5-6-11-12(9-10)15-14(21-2)16-13(11)18/h5-6,9H,4,7-8H2,1-3H3,(H,15,16,18). The molecular weight excluding hydrogens is 322 g/mol. The summed E-state index contributed by atoms with van der Waals surface area (Å²) in [5.74, 6) is 0.555. The minimum Gasteiger partial charge on any atom is -0.493 e. The van der Waals surface area contributed by atoms with Crippen molar-refractivity contribution in [1.29, 1.82) is 0 Å². The van der Waals surface area contributed by atoms with Gasteiger partial charge in [0.25, 0.3) is 11.6 Å². The average molecular weight is 341 g/mol. The van der Waals surface area contributed by atoms with E-state index in [0.29, 0.717) is 36.2 Å². The Kier molecular flexibility index (Phi) is 5.22. The summed E-state index contributed by atoms with van der Waals surface area (Å²) in [5.41, 5.74) is 0.185. The summed E-state index contributed by atoms with van der Waals surface area (Å²) < 4.78 is 34.3. The molecule has 0 atom stereocenters. The van der Waals surface area contributed by atoms with Crippen molar-refractivity contribution in [2.45, 2.75) is 6.42 Å². The van der Waals surface area contributed by atoms with Crippen molar-refractivity contribution in [1.82, 2.24) is 14.3 Å². The third kappa shape index (κ3) is 4.42. The lowest BCUT2D eigenvalue weighted by atomic mass is 10.2. The van der Waals surface area contributed by atoms with Gasteiger partial charge in [0.15, 0.2) is 0 Å². The van der Waals surface area contributed by atoms with E-state index >= 15 is 0 Å². The fourth-order valence-electron chi connectivity index (χ4n) is 1.93. The number of hydrogen-bond donors (Lipinski definition) is 1. The molecule has 1 aromatic carbocycles. The van der Waals surface area contributed by atoms with Gasteiger partial charge in [0.05, 0.1) is 30.9 Å². The molecule has 0 saturated carbocycles. The minimum atomic E-state index is -3.17. The van der Waals surface area contributed by atoms with Gasteiger partial charge in [0.2, 0.25) is 10.0 Å². The highest BCUT2D eigenvalue weighted by Gasteiger charge is 2.10. The number of benzene rings is 1. The highest BCUT2D eigenvalue weighted by molar-refractivity contribution is 7.88. The number of H-pyrrole nitrogens is 1. The third-order valence-corrected chi connectivity index (χ3v) is 4.62. The van der Waals surface area contributed by atoms with Crippen LogP contribution in [0.15, 0.2) is 23.0 Å². The largest absolute Gasteiger partial charge is 0.493 e. The van der Waals surface area contributed by atoms with E-state index in [2.05, 4.69) is 9.97 Å². The normalized spacial score (nSPS) is 11.8. The van der Waals surface area contributed by atoms with E-state index < -0.39 is 10.0 Å². The van der Waals surface area contributed by atoms with E-state index in [-0.39, 0.29) is 11.6 Å². The molecule has 0 aliphatic carbocycles. The lowest BCUT2D eigenvalue weighted by molar-refractivity contribution is 0.297. The summed E-state index contributed by atoms with van der Waals surface area (Å²) in [6.45, 7) is 0.726. The Morgan fingerprint density at radius 1 is 1.35 bits per heavy atom. The van der Waals surface area contributed by atoms with Gasteiger partial charge >= 0.3 is 0 Å². The lowest BCUT2D eigenvalue weighted by Gasteiger charge is -2.14. The molecular formula is C14H19N3O5S. The van der Waals surface area contributed by atoms with E-state index in [0.717, 1.165) is 6.26 Å². The van der Waals surface area contributed by atoms with E-state index in [1.54, 1.807) is 18.2 Å². The van der Waals surface area contributed by atoms with Crippen LogP contribution >= 0.6 is 0 Å². The average Bonchev–Trinajstić information content (AvgIpc) is 2.49. The van der Waals surface area contributed by atoms with Crippen molar-refractivity contribution in [2.24, 2.45) is 0 Å². The number of rotatable bonds is 7. The van der Waals surface area contributed by atoms with Crippen molar-refractivity contribution in [3.8, 4) is 11.8 Å². The van der Waals surface area contributed by atoms with Gasteiger partial charge in [-0.1, -0.05) is 0 Å². The summed E-state index contributed by atoms with van der Waals surface area (Å²) in [6.07, 6.45) is 1.71. The molecule has 23 heavy (non-hydrogen) atoms. The molecule has 2 rings (SSSR count). The van der Waals surface area contributed by atoms with E-state index in [1.165, 1.54) is 18.5 Å². The van der Waals surface area contributed by atoms with E-state index in [4.69, 9.17) is 9.47 Å². The summed E-state index contributed by atoms with van der Waals surface area (Å²) >= 11 is 0. The summed E-state index contributed by atoms with van der Waals surface area (Å²) in [5, 5.41) is 0.440. The van der Waals surface area contributed by atoms with Crippen molar-refractivity contribution >= 4 is 20.9 Å². The highest BCUT2D eigenvalue weighted by Crippen LogP contribution is 2.18. The molecule has 2 aromatic rings. The first-order chi connectivity index (χ1) is 10.8. The van der Waals surface area contributed by atoms with Gasteiger partial charge in [-0.3, -0.25) is 9.78 Å². The van der Waals surface area contributed by atoms with Crippen molar-refractivity contribution in [3.05, 3.63) is 28.6 Å². The second-order valence-corrected chi connectivity index (χ2v) is 7.13. The molecule has 0 fully saturated rings. The number of aromatic amines is 1. The van der Waals surface area contributed by atoms with Crippen LogP contribution in [0.25, 0.3) is 10.9 Å². The number of nitrogens with one attached hydrogen (secondary N) is 1. The van der Waals surface area contributed by atoms with Gasteiger partial charge in [-0.05, 0) is 18.6 Å². The van der Waals surface area contributed by atoms with Crippen LogP contribution in [0.4, 0.5) is 0 Å². The Morgan fingerprint density at radius 3 is 2.74 bits per heavy atom. The molecule has 8 nitrogen and oxygen atoms in total. The van der Waals surface area contributed by atoms with Crippen molar-refractivity contribution in [3.63, 3.8) is 0 Å². The predicted molar refractivity (Wildman–Crippen MR) is 86.5 cm³/mol. The van der Waals surface area contributed by atoms with Crippen molar-refractivity contribution in [2.75, 3.05) is 33.6 Å². The molecule has 0 spiro atoms. The molecule has 0 radical (unpaired) electrons. The maximum Gasteiger partial charge on any atom is 0.296 e. The lowest BCUT2D eigenvalue weighted by Crippen LogP contribution is -2.27. The molecule has 0 aliphatic rings. The van der Waals surface area contributed by atoms with Crippen LogP contribution in [0.1, 0.15) is 6.42 Å². The van der Waals surface area contributed by atoms with Crippen LogP contribution in [0.5, 0.6) is 11.8 Å². The Labute approximate surface area is 134 Å². The first kappa shape index (κ1) is 17.2. The molecule has 1 aromatic heterocycles. The highest BCUT2D eigenvalue weighted by atomic mass is 32.2. The monoisotopic (exact) mass is 341 g/mol. The van der Waals surface area contributed by atoms with Crippen LogP contribution < -0.4 is 15.0 Å². The quantitative estimate of drug-likeness (QED) is 0.740. The van der Waals surface area contributed by atoms with Gasteiger partial charge in [-0.15, -0.1) is 0 Å². The Bertz CT molecular complexity index is 847. The number of nitrogens with zero attached hydrogens (tertiary/aromatic N) is 2. The van der Waals surface area contributed by atoms with Gasteiger partial charge in [0.1, 0.15) is 5.75 Å². The molecule has 1 heterocycles. The van der Waals surface area contributed by atoms with Crippen LogP contribution in [0.2, 0.25) is 0 Å². The zero-order chi connectivity index (χ0) is 17.0. The van der Waals surface area contributed by atoms with Gasteiger partial charge in [-0.25, -0.2) is 12.7 Å². The molecule has 0 aliphatic heterocycles. The van der Waals surface area contributed by atoms with Crippen LogP contribution in [0, 0.1) is 0 Å². The Balaban J connectivity index is 2.03. The second kappa shape index (κ2) is 6.97. The van der Waals surface area contributed by atoms with Crippen molar-refractivity contribution < 1.29 is 17.9 Å². The molecule has 0 amide bonds. The molecule has 9 heteroatoms. The number of methoxy groups -OCH3 is 1. The maximum absolute atomic E-state index is 11.8. The Morgan fingerprint density at radius 2 is 2.09 bits per heavy atom.